The molecule has 2 unspecified atom stereocenters. The third-order valence-corrected chi connectivity index (χ3v) is 11.2. The maximum absolute atomic E-state index is 12.4. The maximum atomic E-state index is 12.4. The molecule has 0 radical (unpaired) electrons. The number of hydrogen-bond acceptors (Lipinski definition) is 14. The first-order chi connectivity index (χ1) is 31.5. The summed E-state index contributed by atoms with van der Waals surface area (Å²) in [6, 6.07) is 12.0. The molecule has 0 amide bonds. The van der Waals surface area contributed by atoms with Gasteiger partial charge in [-0.05, 0) is 93.8 Å². The van der Waals surface area contributed by atoms with Gasteiger partial charge in [-0.2, -0.15) is 0 Å². The van der Waals surface area contributed by atoms with Gasteiger partial charge in [0.25, 0.3) is 0 Å². The predicted molar refractivity (Wildman–Crippen MR) is 254 cm³/mol. The van der Waals surface area contributed by atoms with Crippen LogP contribution in [0.4, 0.5) is 16.5 Å². The molecule has 0 saturated heterocycles. The first kappa shape index (κ1) is 54.3. The van der Waals surface area contributed by atoms with Crippen LogP contribution in [-0.4, -0.2) is 105 Å². The molecule has 0 bridgehead atoms. The number of fused-ring (bicyclic) bond motifs is 1. The number of carboxylic acids is 2. The molecule has 0 aliphatic carbocycles. The fraction of sp³-hybridized carbons (Fsp3) is 0.571. The molecule has 0 fully saturated rings. The number of hydrogen-bond donors (Lipinski definition) is 2. The Morgan fingerprint density at radius 3 is 1.74 bits per heavy atom. The molecule has 1 aromatic heterocycles. The molecule has 16 heteroatoms. The van der Waals surface area contributed by atoms with Crippen molar-refractivity contribution in [3.05, 3.63) is 71.8 Å². The molecular formula is C49H70N4O11S. The lowest BCUT2D eigenvalue weighted by atomic mass is 10.0. The van der Waals surface area contributed by atoms with Gasteiger partial charge in [-0.15, -0.1) is 10.2 Å². The molecule has 15 nitrogen and oxygen atoms in total. The highest BCUT2D eigenvalue weighted by atomic mass is 32.1. The van der Waals surface area contributed by atoms with Gasteiger partial charge in [0.05, 0.1) is 80.2 Å². The van der Waals surface area contributed by atoms with E-state index in [0.29, 0.717) is 43.7 Å². The second kappa shape index (κ2) is 32.6. The van der Waals surface area contributed by atoms with Crippen molar-refractivity contribution >= 4 is 61.9 Å². The molecule has 0 aliphatic heterocycles. The fourth-order valence-corrected chi connectivity index (χ4v) is 7.41. The van der Waals surface area contributed by atoms with Crippen LogP contribution >= 0.6 is 11.3 Å². The molecule has 3 aromatic rings. The van der Waals surface area contributed by atoms with Crippen molar-refractivity contribution in [1.82, 2.24) is 4.98 Å². The number of aryl methyl sites for hydroxylation is 2. The number of esters is 2. The van der Waals surface area contributed by atoms with Crippen LogP contribution in [0, 0.1) is 25.7 Å². The lowest BCUT2D eigenvalue weighted by Gasteiger charge is -2.25. The van der Waals surface area contributed by atoms with Crippen molar-refractivity contribution in [1.29, 1.82) is 0 Å². The van der Waals surface area contributed by atoms with E-state index >= 15 is 0 Å². The Balaban J connectivity index is 1.46. The van der Waals surface area contributed by atoms with E-state index in [4.69, 9.17) is 23.7 Å². The summed E-state index contributed by atoms with van der Waals surface area (Å²) in [7, 11) is 0. The van der Waals surface area contributed by atoms with Crippen molar-refractivity contribution in [3.8, 4) is 0 Å². The molecule has 65 heavy (non-hydrogen) atoms. The molecule has 358 valence electrons. The van der Waals surface area contributed by atoms with Gasteiger partial charge in [-0.25, -0.2) is 4.98 Å². The van der Waals surface area contributed by atoms with Gasteiger partial charge >= 0.3 is 23.9 Å². The van der Waals surface area contributed by atoms with E-state index in [1.807, 2.05) is 68.5 Å². The first-order valence-electron chi connectivity index (χ1n) is 22.9. The minimum Gasteiger partial charge on any atom is -0.481 e. The Morgan fingerprint density at radius 2 is 1.22 bits per heavy atom. The normalized spacial score (nSPS) is 12.7. The van der Waals surface area contributed by atoms with E-state index in [2.05, 4.69) is 40.0 Å². The Kier molecular flexibility index (Phi) is 27.2. The number of carbonyl (C=O) groups excluding carboxylic acids is 2. The average molecular weight is 923 g/mol. The number of aliphatic carboxylic acids is 2. The SMILES string of the molecule is CCCCC/C=C/CC(CC(=O)OCCOCCOCCN(CCOCCOC(=O)CC(C/C=C/CCCCC)C(=O)O)c1ccc(N=Nc2nc3ccc(C)cc3s2)c(C)c1)C(=O)O. The highest BCUT2D eigenvalue weighted by Crippen LogP contribution is 2.31. The topological polar surface area (TPSA) is 196 Å². The first-order valence-corrected chi connectivity index (χ1v) is 23.8. The third-order valence-electron chi connectivity index (χ3n) is 10.3. The number of allylic oxidation sites excluding steroid dienone is 4. The lowest BCUT2D eigenvalue weighted by molar-refractivity contribution is -0.152. The number of unbranched alkanes of at least 4 members (excludes halogenated alkanes) is 6. The van der Waals surface area contributed by atoms with E-state index < -0.39 is 35.7 Å². The quantitative estimate of drug-likeness (QED) is 0.0242. The van der Waals surface area contributed by atoms with Crippen molar-refractivity contribution in [3.63, 3.8) is 0 Å². The number of aromatic nitrogens is 1. The smallest absolute Gasteiger partial charge is 0.307 e. The number of ether oxygens (including phenoxy) is 5. The molecule has 1 heterocycles. The van der Waals surface area contributed by atoms with E-state index in [9.17, 15) is 29.4 Å². The Labute approximate surface area is 388 Å². The molecular weight excluding hydrogens is 853 g/mol. The Morgan fingerprint density at radius 1 is 0.677 bits per heavy atom. The summed E-state index contributed by atoms with van der Waals surface area (Å²) in [6.07, 6.45) is 16.2. The second-order valence-corrected chi connectivity index (χ2v) is 16.8. The zero-order valence-electron chi connectivity index (χ0n) is 38.8. The summed E-state index contributed by atoms with van der Waals surface area (Å²) in [5.74, 6) is -4.86. The van der Waals surface area contributed by atoms with Crippen molar-refractivity contribution in [2.45, 2.75) is 105 Å². The van der Waals surface area contributed by atoms with Crippen LogP contribution in [-0.2, 0) is 42.9 Å². The van der Waals surface area contributed by atoms with Crippen LogP contribution in [0.5, 0.6) is 0 Å². The summed E-state index contributed by atoms with van der Waals surface area (Å²) in [4.78, 5) is 54.7. The van der Waals surface area contributed by atoms with E-state index in [0.717, 1.165) is 78.4 Å². The number of benzene rings is 2. The van der Waals surface area contributed by atoms with Gasteiger partial charge < -0.3 is 38.8 Å². The molecule has 2 aromatic carbocycles. The minimum absolute atomic E-state index is 0.00706. The summed E-state index contributed by atoms with van der Waals surface area (Å²) in [5, 5.41) is 28.6. The van der Waals surface area contributed by atoms with Crippen molar-refractivity contribution in [2.75, 3.05) is 70.8 Å². The largest absolute Gasteiger partial charge is 0.481 e. The average Bonchev–Trinajstić information content (AvgIpc) is 3.69. The van der Waals surface area contributed by atoms with E-state index in [1.165, 1.54) is 11.3 Å². The summed E-state index contributed by atoms with van der Waals surface area (Å²) in [6.45, 7) is 10.9. The second-order valence-electron chi connectivity index (χ2n) is 15.8. The molecule has 0 aliphatic rings. The lowest BCUT2D eigenvalue weighted by Crippen LogP contribution is -2.31. The predicted octanol–water partition coefficient (Wildman–Crippen LogP) is 10.5. The molecule has 3 rings (SSSR count). The monoisotopic (exact) mass is 922 g/mol. The highest BCUT2D eigenvalue weighted by molar-refractivity contribution is 7.21. The van der Waals surface area contributed by atoms with Gasteiger partial charge in [-0.3, -0.25) is 19.2 Å². The van der Waals surface area contributed by atoms with Crippen LogP contribution in [0.2, 0.25) is 0 Å². The minimum atomic E-state index is -1.03. The molecule has 0 spiro atoms. The molecule has 0 saturated carbocycles. The van der Waals surface area contributed by atoms with Crippen LogP contribution < -0.4 is 4.90 Å². The highest BCUT2D eigenvalue weighted by Gasteiger charge is 2.22. The van der Waals surface area contributed by atoms with Crippen LogP contribution in [0.1, 0.15) is 102 Å². The summed E-state index contributed by atoms with van der Waals surface area (Å²) in [5.41, 5.74) is 4.58. The van der Waals surface area contributed by atoms with Gasteiger partial charge in [0, 0.05) is 18.8 Å². The van der Waals surface area contributed by atoms with Crippen molar-refractivity contribution in [2.24, 2.45) is 22.1 Å². The number of azo groups is 1. The van der Waals surface area contributed by atoms with Gasteiger partial charge in [0.15, 0.2) is 0 Å². The van der Waals surface area contributed by atoms with E-state index in [1.54, 1.807) is 0 Å². The van der Waals surface area contributed by atoms with Gasteiger partial charge in [-0.1, -0.05) is 81.2 Å². The number of rotatable bonds is 36. The summed E-state index contributed by atoms with van der Waals surface area (Å²) >= 11 is 1.49. The van der Waals surface area contributed by atoms with Crippen LogP contribution in [0.15, 0.2) is 70.9 Å². The van der Waals surface area contributed by atoms with Crippen molar-refractivity contribution < 1.29 is 53.1 Å². The number of carbonyl (C=O) groups is 4. The Bertz CT molecular complexity index is 1970. The zero-order chi connectivity index (χ0) is 47.1. The number of carboxylic acid groups (broad SMARTS) is 2. The van der Waals surface area contributed by atoms with Gasteiger partial charge in [0.1, 0.15) is 13.2 Å². The van der Waals surface area contributed by atoms with E-state index in [-0.39, 0.29) is 58.7 Å². The standard InChI is InChI=1S/C49H70N4O11S/c1-5-7-9-11-13-15-17-39(47(56)57)35-45(54)63-31-29-61-26-24-53(41-20-22-42(38(4)34-41)51-52-49-50-43-21-19-37(3)33-44(43)65-49)23-25-60-27-28-62-30-32-64-46(55)36-40(48(58)59)18-16-14-12-10-8-6-2/h13-16,19-22,33-34,39-40H,5-12,17-18,23-32,35-36H2,1-4H3,(H,56,57)(H,58,59)/b15-13+,16-14+,52-51?. The van der Waals surface area contributed by atoms with Crippen LogP contribution in [0.25, 0.3) is 10.2 Å². The van der Waals surface area contributed by atoms with Crippen LogP contribution in [0.3, 0.4) is 0 Å². The number of nitrogens with zero attached hydrogens (tertiary/aromatic N) is 4. The maximum Gasteiger partial charge on any atom is 0.307 e. The summed E-state index contributed by atoms with van der Waals surface area (Å²) < 4.78 is 28.8. The molecule has 2 atom stereocenters. The number of anilines is 1. The zero-order valence-corrected chi connectivity index (χ0v) is 39.6. The Hall–Kier alpha value is -5.03. The fourth-order valence-electron chi connectivity index (χ4n) is 6.52. The molecule has 2 N–H and O–H groups in total. The number of thiazole rings is 1. The third kappa shape index (κ3) is 23.1. The van der Waals surface area contributed by atoms with Gasteiger partial charge in [0.2, 0.25) is 5.13 Å².